The highest BCUT2D eigenvalue weighted by Gasteiger charge is 2.43. The zero-order valence-corrected chi connectivity index (χ0v) is 17.4. The van der Waals surface area contributed by atoms with Crippen LogP contribution in [0.3, 0.4) is 0 Å². The van der Waals surface area contributed by atoms with Gasteiger partial charge in [-0.1, -0.05) is 36.4 Å². The van der Waals surface area contributed by atoms with Crippen molar-refractivity contribution in [2.75, 3.05) is 9.80 Å². The molecular weight excluding hydrogens is 400 g/mol. The Balaban J connectivity index is 1.57. The highest BCUT2D eigenvalue weighted by Crippen LogP contribution is 2.31. The lowest BCUT2D eigenvalue weighted by Crippen LogP contribution is -2.33. The summed E-state index contributed by atoms with van der Waals surface area (Å²) in [4.78, 5) is 46.6. The first-order chi connectivity index (χ1) is 14.5. The molecule has 2 aromatic carbocycles. The van der Waals surface area contributed by atoms with Crippen molar-refractivity contribution < 1.29 is 14.4 Å². The van der Waals surface area contributed by atoms with Gasteiger partial charge in [-0.2, -0.15) is 0 Å². The number of para-hydroxylation sites is 2. The summed E-state index contributed by atoms with van der Waals surface area (Å²) in [6, 6.07) is 17.4. The average Bonchev–Trinajstić information content (AvgIpc) is 3.28. The zero-order chi connectivity index (χ0) is 21.3. The molecule has 1 aliphatic heterocycles. The summed E-state index contributed by atoms with van der Waals surface area (Å²) >= 11 is 1.30. The predicted octanol–water partition coefficient (Wildman–Crippen LogP) is 4.19. The van der Waals surface area contributed by atoms with E-state index in [1.807, 2.05) is 48.5 Å². The van der Waals surface area contributed by atoms with Gasteiger partial charge < -0.3 is 0 Å². The minimum Gasteiger partial charge on any atom is -0.282 e. The van der Waals surface area contributed by atoms with Crippen LogP contribution >= 0.6 is 11.3 Å². The van der Waals surface area contributed by atoms with E-state index in [4.69, 9.17) is 0 Å². The van der Waals surface area contributed by atoms with Gasteiger partial charge in [-0.3, -0.25) is 24.3 Å². The van der Waals surface area contributed by atoms with Gasteiger partial charge >= 0.3 is 6.03 Å². The maximum Gasteiger partial charge on any atom is 0.332 e. The Morgan fingerprint density at radius 1 is 1.07 bits per heavy atom. The van der Waals surface area contributed by atoms with Crippen molar-refractivity contribution in [1.29, 1.82) is 0 Å². The molecule has 1 fully saturated rings. The fraction of sp³-hybridized carbons (Fsp3) is 0.182. The van der Waals surface area contributed by atoms with Gasteiger partial charge in [0, 0.05) is 18.0 Å². The number of anilines is 3. The summed E-state index contributed by atoms with van der Waals surface area (Å²) in [6.07, 6.45) is 0. The van der Waals surface area contributed by atoms with E-state index in [1.165, 1.54) is 33.0 Å². The maximum absolute atomic E-state index is 12.9. The number of benzene rings is 2. The minimum atomic E-state index is -0.587. The van der Waals surface area contributed by atoms with Gasteiger partial charge in [0.15, 0.2) is 5.13 Å². The van der Waals surface area contributed by atoms with E-state index in [-0.39, 0.29) is 24.4 Å². The molecule has 4 amide bonds. The van der Waals surface area contributed by atoms with Crippen LogP contribution in [0, 0.1) is 0 Å². The Hall–Kier alpha value is -3.52. The molecule has 0 radical (unpaired) electrons. The first-order valence-corrected chi connectivity index (χ1v) is 10.3. The van der Waals surface area contributed by atoms with Crippen molar-refractivity contribution in [3.8, 4) is 0 Å². The van der Waals surface area contributed by atoms with Crippen molar-refractivity contribution in [3.63, 3.8) is 0 Å². The zero-order valence-electron chi connectivity index (χ0n) is 16.6. The second-order valence-electron chi connectivity index (χ2n) is 6.90. The quantitative estimate of drug-likeness (QED) is 0.580. The van der Waals surface area contributed by atoms with E-state index in [1.54, 1.807) is 24.4 Å². The summed E-state index contributed by atoms with van der Waals surface area (Å²) < 4.78 is 0. The molecule has 152 valence electrons. The Morgan fingerprint density at radius 3 is 2.33 bits per heavy atom. The first-order valence-electron chi connectivity index (χ1n) is 9.47. The number of urea groups is 1. The number of hydrogen-bond donors (Lipinski definition) is 0. The maximum atomic E-state index is 12.9. The Labute approximate surface area is 178 Å². The Kier molecular flexibility index (Phi) is 5.33. The van der Waals surface area contributed by atoms with Gasteiger partial charge in [-0.05, 0) is 31.2 Å². The third kappa shape index (κ3) is 3.57. The van der Waals surface area contributed by atoms with Gasteiger partial charge in [0.05, 0.1) is 17.9 Å². The standard InChI is InChI=1S/C22H20N4O3S/c1-15-20(28)24(22(29)25(15)18-9-5-3-6-10-18)13-17-14-30-21(23-17)26(16(2)27)19-11-7-4-8-12-19/h3-12,14-15H,13H2,1-2H3. The Bertz CT molecular complexity index is 1080. The van der Waals surface area contributed by atoms with Crippen molar-refractivity contribution in [3.05, 3.63) is 71.7 Å². The lowest BCUT2D eigenvalue weighted by Gasteiger charge is -2.19. The molecule has 4 rings (SSSR count). The SMILES string of the molecule is CC(=O)N(c1ccccc1)c1nc(CN2C(=O)C(C)N(c3ccccc3)C2=O)cs1. The molecule has 3 aromatic rings. The lowest BCUT2D eigenvalue weighted by atomic mass is 10.2. The van der Waals surface area contributed by atoms with Crippen LogP contribution in [-0.4, -0.2) is 33.8 Å². The van der Waals surface area contributed by atoms with E-state index in [9.17, 15) is 14.4 Å². The average molecular weight is 420 g/mol. The third-order valence-electron chi connectivity index (χ3n) is 4.86. The van der Waals surface area contributed by atoms with E-state index >= 15 is 0 Å². The van der Waals surface area contributed by atoms with Crippen LogP contribution in [0.25, 0.3) is 0 Å². The van der Waals surface area contributed by atoms with Crippen molar-refractivity contribution in [2.45, 2.75) is 26.4 Å². The van der Waals surface area contributed by atoms with Gasteiger partial charge in [0.2, 0.25) is 5.91 Å². The number of thiazole rings is 1. The smallest absolute Gasteiger partial charge is 0.282 e. The number of hydrogen-bond acceptors (Lipinski definition) is 5. The van der Waals surface area contributed by atoms with E-state index < -0.39 is 6.04 Å². The summed E-state index contributed by atoms with van der Waals surface area (Å²) in [5.74, 6) is -0.441. The molecular formula is C22H20N4O3S. The first kappa shape index (κ1) is 19.8. The lowest BCUT2D eigenvalue weighted by molar-refractivity contribution is -0.127. The highest BCUT2D eigenvalue weighted by atomic mass is 32.1. The number of rotatable bonds is 5. The van der Waals surface area contributed by atoms with Gasteiger partial charge in [-0.15, -0.1) is 11.3 Å². The van der Waals surface area contributed by atoms with E-state index in [0.717, 1.165) is 0 Å². The normalized spacial score (nSPS) is 16.3. The fourth-order valence-electron chi connectivity index (χ4n) is 3.43. The number of imide groups is 1. The molecule has 1 saturated heterocycles. The second kappa shape index (κ2) is 8.08. The van der Waals surface area contributed by atoms with Crippen LogP contribution in [0.4, 0.5) is 21.3 Å². The molecule has 0 spiro atoms. The third-order valence-corrected chi connectivity index (χ3v) is 5.74. The molecule has 1 aliphatic rings. The molecule has 7 nitrogen and oxygen atoms in total. The van der Waals surface area contributed by atoms with Crippen LogP contribution in [-0.2, 0) is 16.1 Å². The van der Waals surface area contributed by atoms with Crippen LogP contribution in [0.2, 0.25) is 0 Å². The monoisotopic (exact) mass is 420 g/mol. The number of nitrogens with zero attached hydrogens (tertiary/aromatic N) is 4. The summed E-state index contributed by atoms with van der Waals surface area (Å²) in [5.41, 5.74) is 1.95. The summed E-state index contributed by atoms with van der Waals surface area (Å²) in [5, 5.41) is 2.26. The molecule has 30 heavy (non-hydrogen) atoms. The number of amides is 4. The van der Waals surface area contributed by atoms with E-state index in [0.29, 0.717) is 22.2 Å². The van der Waals surface area contributed by atoms with Crippen LogP contribution in [0.5, 0.6) is 0 Å². The van der Waals surface area contributed by atoms with Crippen LogP contribution < -0.4 is 9.80 Å². The fourth-order valence-corrected chi connectivity index (χ4v) is 4.31. The minimum absolute atomic E-state index is 0.0579. The molecule has 8 heteroatoms. The van der Waals surface area contributed by atoms with Crippen molar-refractivity contribution >= 4 is 45.7 Å². The van der Waals surface area contributed by atoms with Gasteiger partial charge in [0.1, 0.15) is 6.04 Å². The summed E-state index contributed by atoms with van der Waals surface area (Å²) in [7, 11) is 0. The number of aromatic nitrogens is 1. The molecule has 0 aliphatic carbocycles. The molecule has 1 atom stereocenters. The van der Waals surface area contributed by atoms with Gasteiger partial charge in [0.25, 0.3) is 5.91 Å². The predicted molar refractivity (Wildman–Crippen MR) is 116 cm³/mol. The molecule has 1 unspecified atom stereocenters. The molecule has 1 aromatic heterocycles. The molecule has 0 saturated carbocycles. The Morgan fingerprint density at radius 2 is 1.70 bits per heavy atom. The van der Waals surface area contributed by atoms with E-state index in [2.05, 4.69) is 4.98 Å². The summed E-state index contributed by atoms with van der Waals surface area (Å²) in [6.45, 7) is 3.25. The molecule has 0 bridgehead atoms. The number of carbonyl (C=O) groups is 3. The van der Waals surface area contributed by atoms with Crippen molar-refractivity contribution in [2.24, 2.45) is 0 Å². The second-order valence-corrected chi connectivity index (χ2v) is 7.74. The van der Waals surface area contributed by atoms with Crippen LogP contribution in [0.1, 0.15) is 19.5 Å². The largest absolute Gasteiger partial charge is 0.332 e. The molecule has 0 N–H and O–H groups in total. The topological polar surface area (TPSA) is 73.8 Å². The van der Waals surface area contributed by atoms with Crippen LogP contribution in [0.15, 0.2) is 66.0 Å². The number of carbonyl (C=O) groups excluding carboxylic acids is 3. The highest BCUT2D eigenvalue weighted by molar-refractivity contribution is 7.14. The van der Waals surface area contributed by atoms with Crippen molar-refractivity contribution in [1.82, 2.24) is 9.88 Å². The van der Waals surface area contributed by atoms with Gasteiger partial charge in [-0.25, -0.2) is 9.78 Å². The molecule has 2 heterocycles.